The second kappa shape index (κ2) is 3.96. The van der Waals surface area contributed by atoms with Crippen molar-refractivity contribution >= 4 is 21.6 Å². The van der Waals surface area contributed by atoms with Gasteiger partial charge < -0.3 is 10.2 Å². The van der Waals surface area contributed by atoms with Gasteiger partial charge in [0.2, 0.25) is 0 Å². The van der Waals surface area contributed by atoms with Crippen LogP contribution in [0.4, 0.5) is 4.39 Å². The molecule has 2 N–H and O–H groups in total. The second-order valence-corrected chi connectivity index (χ2v) is 4.86. The van der Waals surface area contributed by atoms with Crippen LogP contribution in [0.15, 0.2) is 36.4 Å². The first kappa shape index (κ1) is 11.0. The van der Waals surface area contributed by atoms with Gasteiger partial charge in [-0.15, -0.1) is 11.3 Å². The predicted molar refractivity (Wildman–Crippen MR) is 68.3 cm³/mol. The SMILES string of the molecule is Oc1ccc(O)c(-c2nc3cc(F)ccc3s2)c1. The molecule has 0 atom stereocenters. The van der Waals surface area contributed by atoms with Gasteiger partial charge >= 0.3 is 0 Å². The number of aromatic nitrogens is 1. The highest BCUT2D eigenvalue weighted by atomic mass is 32.1. The van der Waals surface area contributed by atoms with Crippen LogP contribution in [-0.2, 0) is 0 Å². The van der Waals surface area contributed by atoms with Crippen molar-refractivity contribution < 1.29 is 14.6 Å². The van der Waals surface area contributed by atoms with Gasteiger partial charge in [-0.3, -0.25) is 0 Å². The number of thiazole rings is 1. The van der Waals surface area contributed by atoms with Crippen LogP contribution < -0.4 is 0 Å². The number of phenolic OH excluding ortho intramolecular Hbond substituents is 2. The van der Waals surface area contributed by atoms with E-state index in [0.29, 0.717) is 16.1 Å². The van der Waals surface area contributed by atoms with Gasteiger partial charge in [0.1, 0.15) is 22.3 Å². The Kier molecular flexibility index (Phi) is 2.41. The Labute approximate surface area is 106 Å². The van der Waals surface area contributed by atoms with E-state index in [-0.39, 0.29) is 17.3 Å². The lowest BCUT2D eigenvalue weighted by molar-refractivity contribution is 0.462. The summed E-state index contributed by atoms with van der Waals surface area (Å²) in [4.78, 5) is 4.25. The lowest BCUT2D eigenvalue weighted by Gasteiger charge is -2.00. The third-order valence-electron chi connectivity index (χ3n) is 2.56. The van der Waals surface area contributed by atoms with Crippen LogP contribution >= 0.6 is 11.3 Å². The first-order chi connectivity index (χ1) is 8.63. The van der Waals surface area contributed by atoms with E-state index in [1.54, 1.807) is 6.07 Å². The van der Waals surface area contributed by atoms with E-state index in [1.165, 1.54) is 41.7 Å². The third-order valence-corrected chi connectivity index (χ3v) is 3.63. The fourth-order valence-electron chi connectivity index (χ4n) is 1.71. The zero-order valence-electron chi connectivity index (χ0n) is 9.09. The molecule has 0 radical (unpaired) electrons. The normalized spacial score (nSPS) is 10.9. The Morgan fingerprint density at radius 1 is 1.06 bits per heavy atom. The number of rotatable bonds is 1. The lowest BCUT2D eigenvalue weighted by atomic mass is 10.2. The minimum atomic E-state index is -0.348. The fourth-order valence-corrected chi connectivity index (χ4v) is 2.68. The van der Waals surface area contributed by atoms with Gasteiger partial charge in [-0.05, 0) is 30.3 Å². The molecule has 90 valence electrons. The van der Waals surface area contributed by atoms with E-state index in [4.69, 9.17) is 0 Å². The van der Waals surface area contributed by atoms with Crippen LogP contribution in [-0.4, -0.2) is 15.2 Å². The van der Waals surface area contributed by atoms with Gasteiger partial charge in [0.25, 0.3) is 0 Å². The molecular weight excluding hydrogens is 253 g/mol. The summed E-state index contributed by atoms with van der Waals surface area (Å²) in [6.07, 6.45) is 0. The van der Waals surface area contributed by atoms with E-state index in [9.17, 15) is 14.6 Å². The maximum Gasteiger partial charge on any atom is 0.128 e. The van der Waals surface area contributed by atoms with Crippen LogP contribution in [0.25, 0.3) is 20.8 Å². The number of benzene rings is 2. The van der Waals surface area contributed by atoms with Crippen molar-refractivity contribution in [3.63, 3.8) is 0 Å². The van der Waals surface area contributed by atoms with Gasteiger partial charge in [-0.25, -0.2) is 9.37 Å². The molecule has 0 saturated carbocycles. The molecule has 0 bridgehead atoms. The summed E-state index contributed by atoms with van der Waals surface area (Å²) >= 11 is 1.33. The van der Waals surface area contributed by atoms with Gasteiger partial charge in [0, 0.05) is 6.07 Å². The highest BCUT2D eigenvalue weighted by Crippen LogP contribution is 2.37. The first-order valence-electron chi connectivity index (χ1n) is 5.22. The lowest BCUT2D eigenvalue weighted by Crippen LogP contribution is -1.78. The van der Waals surface area contributed by atoms with Crippen LogP contribution in [0, 0.1) is 5.82 Å². The monoisotopic (exact) mass is 261 g/mol. The molecule has 0 aliphatic heterocycles. The molecule has 18 heavy (non-hydrogen) atoms. The first-order valence-corrected chi connectivity index (χ1v) is 6.03. The van der Waals surface area contributed by atoms with Gasteiger partial charge in [0.15, 0.2) is 0 Å². The number of halogens is 1. The summed E-state index contributed by atoms with van der Waals surface area (Å²) in [5.74, 6) is -0.264. The number of aromatic hydroxyl groups is 2. The predicted octanol–water partition coefficient (Wildman–Crippen LogP) is 3.51. The molecule has 0 fully saturated rings. The molecule has 5 heteroatoms. The number of nitrogens with zero attached hydrogens (tertiary/aromatic N) is 1. The van der Waals surface area contributed by atoms with E-state index in [1.807, 2.05) is 0 Å². The van der Waals surface area contributed by atoms with E-state index < -0.39 is 0 Å². The summed E-state index contributed by atoms with van der Waals surface area (Å²) in [6, 6.07) is 8.58. The zero-order valence-corrected chi connectivity index (χ0v) is 9.91. The van der Waals surface area contributed by atoms with Crippen molar-refractivity contribution in [2.45, 2.75) is 0 Å². The Morgan fingerprint density at radius 2 is 1.89 bits per heavy atom. The number of hydrogen-bond donors (Lipinski definition) is 2. The van der Waals surface area contributed by atoms with E-state index in [0.717, 1.165) is 4.70 Å². The zero-order chi connectivity index (χ0) is 12.7. The Morgan fingerprint density at radius 3 is 2.72 bits per heavy atom. The molecule has 0 aliphatic carbocycles. The molecule has 0 amide bonds. The molecule has 2 aromatic carbocycles. The summed E-state index contributed by atoms with van der Waals surface area (Å²) in [5.41, 5.74) is 0.981. The summed E-state index contributed by atoms with van der Waals surface area (Å²) in [6.45, 7) is 0. The number of phenols is 2. The van der Waals surface area contributed by atoms with E-state index >= 15 is 0 Å². The largest absolute Gasteiger partial charge is 0.508 e. The molecule has 0 unspecified atom stereocenters. The minimum Gasteiger partial charge on any atom is -0.508 e. The average Bonchev–Trinajstić information content (AvgIpc) is 2.74. The highest BCUT2D eigenvalue weighted by molar-refractivity contribution is 7.21. The number of hydrogen-bond acceptors (Lipinski definition) is 4. The van der Waals surface area contributed by atoms with Gasteiger partial charge in [0.05, 0.1) is 15.8 Å². The van der Waals surface area contributed by atoms with Gasteiger partial charge in [-0.1, -0.05) is 0 Å². The van der Waals surface area contributed by atoms with Crippen molar-refractivity contribution in [1.82, 2.24) is 4.98 Å². The van der Waals surface area contributed by atoms with Crippen molar-refractivity contribution in [2.75, 3.05) is 0 Å². The van der Waals surface area contributed by atoms with Crippen LogP contribution in [0.5, 0.6) is 11.5 Å². The molecule has 3 nitrogen and oxygen atoms in total. The highest BCUT2D eigenvalue weighted by Gasteiger charge is 2.11. The fraction of sp³-hybridized carbons (Fsp3) is 0. The second-order valence-electron chi connectivity index (χ2n) is 3.83. The van der Waals surface area contributed by atoms with Crippen molar-refractivity contribution in [2.24, 2.45) is 0 Å². The maximum atomic E-state index is 13.1. The van der Waals surface area contributed by atoms with Gasteiger partial charge in [-0.2, -0.15) is 0 Å². The molecule has 0 spiro atoms. The van der Waals surface area contributed by atoms with Crippen LogP contribution in [0.1, 0.15) is 0 Å². The Bertz CT molecular complexity index is 739. The van der Waals surface area contributed by atoms with E-state index in [2.05, 4.69) is 4.98 Å². The number of fused-ring (bicyclic) bond motifs is 1. The summed E-state index contributed by atoms with van der Waals surface area (Å²) in [7, 11) is 0. The molecule has 1 aromatic heterocycles. The standard InChI is InChI=1S/C13H8FNO2S/c14-7-1-4-12-10(5-7)15-13(18-12)9-6-8(16)2-3-11(9)17/h1-6,16-17H. The van der Waals surface area contributed by atoms with Crippen molar-refractivity contribution in [3.8, 4) is 22.1 Å². The summed E-state index contributed by atoms with van der Waals surface area (Å²) in [5, 5.41) is 19.7. The van der Waals surface area contributed by atoms with Crippen molar-refractivity contribution in [1.29, 1.82) is 0 Å². The Balaban J connectivity index is 2.22. The van der Waals surface area contributed by atoms with Crippen LogP contribution in [0.3, 0.4) is 0 Å². The quantitative estimate of drug-likeness (QED) is 0.659. The molecule has 0 aliphatic rings. The molecular formula is C13H8FNO2S. The summed E-state index contributed by atoms with van der Waals surface area (Å²) < 4.78 is 13.9. The molecule has 0 saturated heterocycles. The maximum absolute atomic E-state index is 13.1. The average molecular weight is 261 g/mol. The minimum absolute atomic E-state index is 0.0346. The topological polar surface area (TPSA) is 53.4 Å². The van der Waals surface area contributed by atoms with Crippen molar-refractivity contribution in [3.05, 3.63) is 42.2 Å². The molecule has 1 heterocycles. The van der Waals surface area contributed by atoms with Crippen LogP contribution in [0.2, 0.25) is 0 Å². The molecule has 3 aromatic rings. The third kappa shape index (κ3) is 1.78. The smallest absolute Gasteiger partial charge is 0.128 e. The Hall–Kier alpha value is -2.14. The molecule has 3 rings (SSSR count).